The predicted octanol–water partition coefficient (Wildman–Crippen LogP) is 2.98. The van der Waals surface area contributed by atoms with E-state index in [1.807, 2.05) is 0 Å². The fourth-order valence-corrected chi connectivity index (χ4v) is 2.45. The lowest BCUT2D eigenvalue weighted by Gasteiger charge is -2.12. The van der Waals surface area contributed by atoms with Gasteiger partial charge in [-0.05, 0) is 42.9 Å². The summed E-state index contributed by atoms with van der Waals surface area (Å²) in [6.07, 6.45) is 3.40. The number of aliphatic hydroxyl groups excluding tert-OH is 1. The molecule has 1 unspecified atom stereocenters. The molecule has 1 rings (SSSR count). The molecular weight excluding hydrogens is 294 g/mol. The van der Waals surface area contributed by atoms with Crippen LogP contribution in [0.25, 0.3) is 0 Å². The third-order valence-electron chi connectivity index (χ3n) is 3.67. The second kappa shape index (κ2) is 10.1. The van der Waals surface area contributed by atoms with E-state index >= 15 is 0 Å². The third-order valence-corrected chi connectivity index (χ3v) is 3.67. The highest BCUT2D eigenvalue weighted by molar-refractivity contribution is 5.75. The molecule has 1 aromatic carbocycles. The van der Waals surface area contributed by atoms with E-state index in [2.05, 4.69) is 19.2 Å². The number of nitrogens with one attached hydrogen (secondary N) is 1. The van der Waals surface area contributed by atoms with Gasteiger partial charge in [-0.3, -0.25) is 4.79 Å². The number of aromatic hydroxyl groups is 1. The Bertz CT molecular complexity index is 488. The first-order chi connectivity index (χ1) is 10.9. The molecule has 3 N–H and O–H groups in total. The van der Waals surface area contributed by atoms with Crippen LogP contribution in [0.1, 0.15) is 51.5 Å². The molecule has 0 fully saturated rings. The molecule has 23 heavy (non-hydrogen) atoms. The van der Waals surface area contributed by atoms with Crippen LogP contribution in [-0.4, -0.2) is 29.3 Å². The summed E-state index contributed by atoms with van der Waals surface area (Å²) in [7, 11) is 1.49. The number of hydrogen-bond acceptors (Lipinski definition) is 4. The number of carbonyl (C=O) groups excluding carboxylic acids is 1. The van der Waals surface area contributed by atoms with Gasteiger partial charge in [0.15, 0.2) is 11.5 Å². The van der Waals surface area contributed by atoms with Crippen molar-refractivity contribution in [3.63, 3.8) is 0 Å². The Morgan fingerprint density at radius 1 is 1.30 bits per heavy atom. The van der Waals surface area contributed by atoms with Crippen LogP contribution in [-0.2, 0) is 11.3 Å². The van der Waals surface area contributed by atoms with Gasteiger partial charge in [-0.15, -0.1) is 0 Å². The summed E-state index contributed by atoms with van der Waals surface area (Å²) in [4.78, 5) is 11.8. The van der Waals surface area contributed by atoms with Gasteiger partial charge in [-0.1, -0.05) is 26.3 Å². The number of carbonyl (C=O) groups is 1. The lowest BCUT2D eigenvalue weighted by molar-refractivity contribution is -0.121. The lowest BCUT2D eigenvalue weighted by Crippen LogP contribution is -2.22. The Kier molecular flexibility index (Phi) is 8.48. The topological polar surface area (TPSA) is 78.8 Å². The van der Waals surface area contributed by atoms with Gasteiger partial charge in [0.25, 0.3) is 0 Å². The first-order valence-electron chi connectivity index (χ1n) is 8.23. The molecule has 5 heteroatoms. The molecule has 0 saturated heterocycles. The van der Waals surface area contributed by atoms with Crippen molar-refractivity contribution in [2.24, 2.45) is 5.92 Å². The number of methoxy groups -OCH3 is 1. The van der Waals surface area contributed by atoms with Gasteiger partial charge in [-0.25, -0.2) is 0 Å². The molecule has 1 atom stereocenters. The van der Waals surface area contributed by atoms with Crippen molar-refractivity contribution in [3.8, 4) is 11.5 Å². The maximum absolute atomic E-state index is 11.8. The van der Waals surface area contributed by atoms with Crippen LogP contribution >= 0.6 is 0 Å². The number of phenolic OH excluding ortho intramolecular Hbond substituents is 1. The normalized spacial score (nSPS) is 12.2. The number of hydrogen-bond donors (Lipinski definition) is 3. The molecule has 0 spiro atoms. The molecule has 0 radical (unpaired) electrons. The third kappa shape index (κ3) is 7.88. The largest absolute Gasteiger partial charge is 0.504 e. The van der Waals surface area contributed by atoms with Gasteiger partial charge in [0, 0.05) is 13.0 Å². The minimum atomic E-state index is -0.262. The van der Waals surface area contributed by atoms with Crippen LogP contribution in [0.5, 0.6) is 11.5 Å². The zero-order valence-corrected chi connectivity index (χ0v) is 14.3. The van der Waals surface area contributed by atoms with E-state index < -0.39 is 0 Å². The molecule has 1 amide bonds. The average molecular weight is 323 g/mol. The van der Waals surface area contributed by atoms with Crippen molar-refractivity contribution in [1.82, 2.24) is 5.32 Å². The Morgan fingerprint density at radius 2 is 2.04 bits per heavy atom. The van der Waals surface area contributed by atoms with Gasteiger partial charge in [0.2, 0.25) is 5.91 Å². The Hall–Kier alpha value is -1.75. The molecule has 1 aromatic rings. The van der Waals surface area contributed by atoms with Crippen molar-refractivity contribution in [2.75, 3.05) is 7.11 Å². The molecule has 0 saturated carbocycles. The number of phenols is 1. The summed E-state index contributed by atoms with van der Waals surface area (Å²) < 4.78 is 5.04. The zero-order valence-electron chi connectivity index (χ0n) is 14.3. The molecule has 0 bridgehead atoms. The Morgan fingerprint density at radius 3 is 2.70 bits per heavy atom. The van der Waals surface area contributed by atoms with Crippen LogP contribution in [0.15, 0.2) is 18.2 Å². The van der Waals surface area contributed by atoms with E-state index in [-0.39, 0.29) is 17.8 Å². The molecule has 130 valence electrons. The minimum absolute atomic E-state index is 0.00427. The summed E-state index contributed by atoms with van der Waals surface area (Å²) in [5.74, 6) is 0.976. The van der Waals surface area contributed by atoms with Crippen LogP contribution < -0.4 is 10.1 Å². The van der Waals surface area contributed by atoms with Crippen molar-refractivity contribution >= 4 is 5.91 Å². The van der Waals surface area contributed by atoms with E-state index in [1.165, 1.54) is 7.11 Å². The van der Waals surface area contributed by atoms with Crippen molar-refractivity contribution in [2.45, 2.75) is 58.6 Å². The number of amides is 1. The second-order valence-corrected chi connectivity index (χ2v) is 6.31. The number of unbranched alkanes of at least 4 members (excludes halogenated alkanes) is 1. The highest BCUT2D eigenvalue weighted by atomic mass is 16.5. The van der Waals surface area contributed by atoms with Crippen molar-refractivity contribution < 1.29 is 19.7 Å². The lowest BCUT2D eigenvalue weighted by atomic mass is 10.0. The fourth-order valence-electron chi connectivity index (χ4n) is 2.45. The van der Waals surface area contributed by atoms with E-state index in [1.54, 1.807) is 18.2 Å². The molecular formula is C18H29NO4. The Labute approximate surface area is 138 Å². The molecule has 5 nitrogen and oxygen atoms in total. The Balaban J connectivity index is 2.22. The maximum Gasteiger partial charge on any atom is 0.220 e. The van der Waals surface area contributed by atoms with Gasteiger partial charge < -0.3 is 20.3 Å². The monoisotopic (exact) mass is 323 g/mol. The van der Waals surface area contributed by atoms with Gasteiger partial charge in [0.1, 0.15) is 0 Å². The SMILES string of the molecule is COc1cc(CNC(=O)CCCCC(O)CC(C)C)ccc1O. The zero-order chi connectivity index (χ0) is 17.2. The van der Waals surface area contributed by atoms with Crippen LogP contribution in [0, 0.1) is 5.92 Å². The van der Waals surface area contributed by atoms with Crippen LogP contribution in [0.3, 0.4) is 0 Å². The number of benzene rings is 1. The van der Waals surface area contributed by atoms with E-state index in [0.717, 1.165) is 31.2 Å². The average Bonchev–Trinajstić information content (AvgIpc) is 2.50. The summed E-state index contributed by atoms with van der Waals surface area (Å²) in [5.41, 5.74) is 0.875. The predicted molar refractivity (Wildman–Crippen MR) is 90.4 cm³/mol. The van der Waals surface area contributed by atoms with Crippen molar-refractivity contribution in [3.05, 3.63) is 23.8 Å². The van der Waals surface area contributed by atoms with Crippen molar-refractivity contribution in [1.29, 1.82) is 0 Å². The van der Waals surface area contributed by atoms with Gasteiger partial charge >= 0.3 is 0 Å². The van der Waals surface area contributed by atoms with E-state index in [9.17, 15) is 15.0 Å². The minimum Gasteiger partial charge on any atom is -0.504 e. The summed E-state index contributed by atoms with van der Waals surface area (Å²) in [5, 5.41) is 22.1. The highest BCUT2D eigenvalue weighted by Crippen LogP contribution is 2.26. The highest BCUT2D eigenvalue weighted by Gasteiger charge is 2.08. The van der Waals surface area contributed by atoms with Crippen LogP contribution in [0.4, 0.5) is 0 Å². The van der Waals surface area contributed by atoms with Gasteiger partial charge in [-0.2, -0.15) is 0 Å². The first-order valence-corrected chi connectivity index (χ1v) is 8.23. The second-order valence-electron chi connectivity index (χ2n) is 6.31. The molecule has 0 aliphatic rings. The quantitative estimate of drug-likeness (QED) is 0.578. The number of rotatable bonds is 10. The summed E-state index contributed by atoms with van der Waals surface area (Å²) >= 11 is 0. The molecule has 0 heterocycles. The van der Waals surface area contributed by atoms with E-state index in [0.29, 0.717) is 24.6 Å². The molecule has 0 aliphatic carbocycles. The number of ether oxygens (including phenoxy) is 1. The fraction of sp³-hybridized carbons (Fsp3) is 0.611. The van der Waals surface area contributed by atoms with Crippen LogP contribution in [0.2, 0.25) is 0 Å². The summed E-state index contributed by atoms with van der Waals surface area (Å²) in [6, 6.07) is 5.01. The first kappa shape index (κ1) is 19.3. The molecule has 0 aliphatic heterocycles. The smallest absolute Gasteiger partial charge is 0.220 e. The molecule has 0 aromatic heterocycles. The number of aliphatic hydroxyl groups is 1. The maximum atomic E-state index is 11.8. The summed E-state index contributed by atoms with van der Waals surface area (Å²) in [6.45, 7) is 4.59. The standard InChI is InChI=1S/C18H29NO4/c1-13(2)10-15(20)6-4-5-7-18(22)19-12-14-8-9-16(21)17(11-14)23-3/h8-9,11,13,15,20-21H,4-7,10,12H2,1-3H3,(H,19,22). The van der Waals surface area contributed by atoms with E-state index in [4.69, 9.17) is 4.74 Å². The van der Waals surface area contributed by atoms with Gasteiger partial charge in [0.05, 0.1) is 13.2 Å².